The quantitative estimate of drug-likeness (QED) is 0.556. The van der Waals surface area contributed by atoms with Gasteiger partial charge in [-0.1, -0.05) is 5.10 Å². The Morgan fingerprint density at radius 2 is 2.25 bits per heavy atom. The van der Waals surface area contributed by atoms with Crippen LogP contribution in [0.3, 0.4) is 0 Å². The number of tetrazole rings is 1. The third-order valence-corrected chi connectivity index (χ3v) is 2.37. The molecule has 2 rings (SSSR count). The number of hydrogen-bond donors (Lipinski definition) is 2. The van der Waals surface area contributed by atoms with Gasteiger partial charge < -0.3 is 10.5 Å². The van der Waals surface area contributed by atoms with Gasteiger partial charge in [0.2, 0.25) is 5.95 Å². The fraction of sp³-hybridized carbons (Fsp3) is 0.182. The number of amides is 1. The van der Waals surface area contributed by atoms with Crippen molar-refractivity contribution in [2.75, 3.05) is 12.8 Å². The number of nitrogen functional groups attached to an aromatic ring is 1. The molecule has 0 atom stereocenters. The molecular weight excluding hydrogens is 262 g/mol. The molecule has 9 heteroatoms. The molecule has 1 amide bonds. The maximum absolute atomic E-state index is 11.5. The number of methoxy groups -OCH3 is 1. The van der Waals surface area contributed by atoms with Gasteiger partial charge in [0.05, 0.1) is 13.3 Å². The average Bonchev–Trinajstić information content (AvgIpc) is 2.85. The molecular formula is C11H13N7O2. The molecule has 0 radical (unpaired) electrons. The standard InChI is InChI=1S/C11H13N7O2/c1-20-9-4-2-8(3-5-9)6-13-14-10(19)7-18-11(12)15-16-17-18/h2-6H,7H2,1H3,(H,14,19)(H2,12,15,17)/b13-6-. The molecule has 0 aliphatic carbocycles. The van der Waals surface area contributed by atoms with Crippen molar-refractivity contribution < 1.29 is 9.53 Å². The molecule has 9 nitrogen and oxygen atoms in total. The van der Waals surface area contributed by atoms with Crippen molar-refractivity contribution in [1.29, 1.82) is 0 Å². The number of carbonyl (C=O) groups excluding carboxylic acids is 1. The summed E-state index contributed by atoms with van der Waals surface area (Å²) in [5.41, 5.74) is 8.61. The van der Waals surface area contributed by atoms with Crippen molar-refractivity contribution in [3.05, 3.63) is 29.8 Å². The second-order valence-electron chi connectivity index (χ2n) is 3.76. The second-order valence-corrected chi connectivity index (χ2v) is 3.76. The van der Waals surface area contributed by atoms with E-state index in [1.807, 2.05) is 12.1 Å². The van der Waals surface area contributed by atoms with Crippen molar-refractivity contribution in [3.63, 3.8) is 0 Å². The van der Waals surface area contributed by atoms with Gasteiger partial charge in [-0.25, -0.2) is 10.1 Å². The van der Waals surface area contributed by atoms with Crippen molar-refractivity contribution in [3.8, 4) is 5.75 Å². The number of nitrogens with one attached hydrogen (secondary N) is 1. The topological polar surface area (TPSA) is 120 Å². The summed E-state index contributed by atoms with van der Waals surface area (Å²) in [4.78, 5) is 11.5. The molecule has 0 saturated carbocycles. The van der Waals surface area contributed by atoms with Crippen LogP contribution in [-0.2, 0) is 11.3 Å². The maximum atomic E-state index is 11.5. The van der Waals surface area contributed by atoms with Crippen LogP contribution in [0.2, 0.25) is 0 Å². The lowest BCUT2D eigenvalue weighted by Gasteiger charge is -2.00. The first kappa shape index (κ1) is 13.5. The zero-order valence-corrected chi connectivity index (χ0v) is 10.7. The highest BCUT2D eigenvalue weighted by Crippen LogP contribution is 2.09. The second kappa shape index (κ2) is 6.27. The van der Waals surface area contributed by atoms with Crippen molar-refractivity contribution in [2.45, 2.75) is 6.54 Å². The van der Waals surface area contributed by atoms with Crippen molar-refractivity contribution in [2.24, 2.45) is 5.10 Å². The zero-order chi connectivity index (χ0) is 14.4. The number of anilines is 1. The summed E-state index contributed by atoms with van der Waals surface area (Å²) in [6.45, 7) is -0.0984. The summed E-state index contributed by atoms with van der Waals surface area (Å²) in [6, 6.07) is 7.22. The monoisotopic (exact) mass is 275 g/mol. The fourth-order valence-electron chi connectivity index (χ4n) is 1.36. The molecule has 1 heterocycles. The molecule has 0 aliphatic heterocycles. The molecule has 0 bridgehead atoms. The van der Waals surface area contributed by atoms with E-state index in [1.165, 1.54) is 6.21 Å². The van der Waals surface area contributed by atoms with Crippen LogP contribution in [0.4, 0.5) is 5.95 Å². The van der Waals surface area contributed by atoms with E-state index in [4.69, 9.17) is 10.5 Å². The highest BCUT2D eigenvalue weighted by molar-refractivity contribution is 5.82. The van der Waals surface area contributed by atoms with E-state index in [9.17, 15) is 4.79 Å². The van der Waals surface area contributed by atoms with Crippen molar-refractivity contribution >= 4 is 18.1 Å². The Labute approximate surface area is 114 Å². The molecule has 3 N–H and O–H groups in total. The molecule has 0 unspecified atom stereocenters. The Morgan fingerprint density at radius 3 is 2.85 bits per heavy atom. The number of ether oxygens (including phenoxy) is 1. The van der Waals surface area contributed by atoms with E-state index >= 15 is 0 Å². The highest BCUT2D eigenvalue weighted by Gasteiger charge is 2.06. The van der Waals surface area contributed by atoms with Crippen LogP contribution >= 0.6 is 0 Å². The van der Waals surface area contributed by atoms with Crippen LogP contribution in [0.1, 0.15) is 5.56 Å². The zero-order valence-electron chi connectivity index (χ0n) is 10.7. The molecule has 2 aromatic rings. The van der Waals surface area contributed by atoms with Crippen LogP contribution in [0.25, 0.3) is 0 Å². The van der Waals surface area contributed by atoms with Crippen LogP contribution in [-0.4, -0.2) is 39.4 Å². The van der Waals surface area contributed by atoms with Gasteiger partial charge in [-0.2, -0.15) is 5.10 Å². The van der Waals surface area contributed by atoms with Crippen LogP contribution in [0, 0.1) is 0 Å². The number of benzene rings is 1. The minimum Gasteiger partial charge on any atom is -0.497 e. The summed E-state index contributed by atoms with van der Waals surface area (Å²) in [5.74, 6) is 0.438. The van der Waals surface area contributed by atoms with Crippen LogP contribution in [0.5, 0.6) is 5.75 Å². The Morgan fingerprint density at radius 1 is 1.50 bits per heavy atom. The molecule has 1 aromatic carbocycles. The lowest BCUT2D eigenvalue weighted by molar-refractivity contribution is -0.121. The molecule has 20 heavy (non-hydrogen) atoms. The Balaban J connectivity index is 1.86. The molecule has 1 aromatic heterocycles. The number of carbonyl (C=O) groups is 1. The number of nitrogens with zero attached hydrogens (tertiary/aromatic N) is 5. The van der Waals surface area contributed by atoms with Crippen LogP contribution in [0.15, 0.2) is 29.4 Å². The highest BCUT2D eigenvalue weighted by atomic mass is 16.5. The fourth-order valence-corrected chi connectivity index (χ4v) is 1.36. The van der Waals surface area contributed by atoms with E-state index < -0.39 is 0 Å². The minimum atomic E-state index is -0.381. The van der Waals surface area contributed by atoms with E-state index in [1.54, 1.807) is 19.2 Å². The van der Waals surface area contributed by atoms with Gasteiger partial charge in [-0.05, 0) is 40.3 Å². The molecule has 0 fully saturated rings. The molecule has 0 spiro atoms. The lowest BCUT2D eigenvalue weighted by atomic mass is 10.2. The molecule has 0 saturated heterocycles. The summed E-state index contributed by atoms with van der Waals surface area (Å²) in [7, 11) is 1.59. The number of hydrazone groups is 1. The number of hydrogen-bond acceptors (Lipinski definition) is 7. The van der Waals surface area contributed by atoms with E-state index in [0.717, 1.165) is 16.0 Å². The number of nitrogens with two attached hydrogens (primary N) is 1. The van der Waals surface area contributed by atoms with E-state index in [-0.39, 0.29) is 18.4 Å². The van der Waals surface area contributed by atoms with Gasteiger partial charge in [0.15, 0.2) is 0 Å². The van der Waals surface area contributed by atoms with E-state index in [2.05, 4.69) is 26.1 Å². The Kier molecular flexibility index (Phi) is 4.22. The first-order valence-corrected chi connectivity index (χ1v) is 5.66. The van der Waals surface area contributed by atoms with Gasteiger partial charge in [-0.15, -0.1) is 0 Å². The van der Waals surface area contributed by atoms with Gasteiger partial charge in [-0.3, -0.25) is 4.79 Å². The first-order valence-electron chi connectivity index (χ1n) is 5.66. The predicted octanol–water partition coefficient (Wildman–Crippen LogP) is -0.586. The van der Waals surface area contributed by atoms with Gasteiger partial charge >= 0.3 is 0 Å². The summed E-state index contributed by atoms with van der Waals surface area (Å²) in [6.07, 6.45) is 1.51. The summed E-state index contributed by atoms with van der Waals surface area (Å²) in [5, 5.41) is 14.2. The van der Waals surface area contributed by atoms with Gasteiger partial charge in [0.1, 0.15) is 12.3 Å². The summed E-state index contributed by atoms with van der Waals surface area (Å²) >= 11 is 0. The number of aromatic nitrogens is 4. The third-order valence-electron chi connectivity index (χ3n) is 2.37. The maximum Gasteiger partial charge on any atom is 0.261 e. The van der Waals surface area contributed by atoms with Crippen molar-refractivity contribution in [1.82, 2.24) is 25.6 Å². The first-order chi connectivity index (χ1) is 9.69. The average molecular weight is 275 g/mol. The Hall–Kier alpha value is -2.97. The normalized spacial score (nSPS) is 10.7. The third kappa shape index (κ3) is 3.51. The molecule has 104 valence electrons. The smallest absolute Gasteiger partial charge is 0.261 e. The van der Waals surface area contributed by atoms with Crippen LogP contribution < -0.4 is 15.9 Å². The summed E-state index contributed by atoms with van der Waals surface area (Å²) < 4.78 is 6.20. The van der Waals surface area contributed by atoms with Gasteiger partial charge in [0.25, 0.3) is 5.91 Å². The number of rotatable bonds is 5. The Bertz CT molecular complexity index is 605. The van der Waals surface area contributed by atoms with Gasteiger partial charge in [0, 0.05) is 0 Å². The largest absolute Gasteiger partial charge is 0.497 e. The SMILES string of the molecule is COc1ccc(/C=N\NC(=O)Cn2nnnc2N)cc1. The van der Waals surface area contributed by atoms with E-state index in [0.29, 0.717) is 0 Å². The predicted molar refractivity (Wildman–Crippen MR) is 71.0 cm³/mol. The minimum absolute atomic E-state index is 0.0688. The lowest BCUT2D eigenvalue weighted by Crippen LogP contribution is -2.24. The molecule has 0 aliphatic rings.